The van der Waals surface area contributed by atoms with Gasteiger partial charge >= 0.3 is 175 Å². The zero-order valence-electron chi connectivity index (χ0n) is 35.5. The molecule has 0 aromatic heterocycles. The van der Waals surface area contributed by atoms with Gasteiger partial charge in [-0.05, 0) is 21.7 Å². The molecule has 5 aromatic carbocycles. The van der Waals surface area contributed by atoms with Crippen LogP contribution in [0.4, 0.5) is 0 Å². The molecule has 0 heterocycles. The van der Waals surface area contributed by atoms with E-state index in [1.54, 1.807) is 12.1 Å². The van der Waals surface area contributed by atoms with Crippen LogP contribution in [-0.4, -0.2) is 3.21 Å². The molecule has 0 unspecified atom stereocenters. The number of rotatable bonds is 2. The zero-order chi connectivity index (χ0) is 42.2. The minimum Gasteiger partial charge on any atom is -1.00 e. The molecular weight excluding hydrogens is 963 g/mol. The molecule has 9 heteroatoms. The fraction of sp³-hybridized carbons (Fsp3) is 0.388. The van der Waals surface area contributed by atoms with Crippen molar-refractivity contribution >= 4 is 94.4 Å². The van der Waals surface area contributed by atoms with Crippen molar-refractivity contribution in [3.05, 3.63) is 148 Å². The molecule has 0 saturated carbocycles. The van der Waals surface area contributed by atoms with Crippen molar-refractivity contribution in [2.45, 2.75) is 119 Å². The Morgan fingerprint density at radius 3 is 1.14 bits per heavy atom. The van der Waals surface area contributed by atoms with Gasteiger partial charge in [0.1, 0.15) is 0 Å². The van der Waals surface area contributed by atoms with Gasteiger partial charge in [0.05, 0.1) is 0 Å². The van der Waals surface area contributed by atoms with Gasteiger partial charge in [0.15, 0.2) is 0 Å². The van der Waals surface area contributed by atoms with Crippen LogP contribution in [0.5, 0.6) is 0 Å². The summed E-state index contributed by atoms with van der Waals surface area (Å²) in [5.41, 5.74) is 9.59. The third-order valence-electron chi connectivity index (χ3n) is 9.76. The van der Waals surface area contributed by atoms with E-state index < -0.39 is 7.59 Å². The number of fused-ring (bicyclic) bond motifs is 3. The Labute approximate surface area is 405 Å². The van der Waals surface area contributed by atoms with Gasteiger partial charge in [0.2, 0.25) is 0 Å². The number of benzene rings is 4. The second kappa shape index (κ2) is 20.2. The number of halogens is 8. The zero-order valence-corrected chi connectivity index (χ0v) is 44.0. The molecule has 0 aliphatic heterocycles. The second-order valence-electron chi connectivity index (χ2n) is 18.6. The van der Waals surface area contributed by atoms with Gasteiger partial charge in [-0.25, -0.2) is 12.2 Å². The Kier molecular flexibility index (Phi) is 18.6. The van der Waals surface area contributed by atoms with Gasteiger partial charge in [-0.3, -0.25) is 6.08 Å². The molecule has 0 spiro atoms. The maximum atomic E-state index is 5.94. The second-order valence-corrected chi connectivity index (χ2v) is 24.4. The first-order valence-corrected chi connectivity index (χ1v) is 22.4. The standard InChI is InChI=1S/C29H41.C15H8Cl6.C5H5.2ClH.Zr/c1-26(2,3)22-14-18-13-19-15-23(27(4,5)6)25(29(10,11)12)17-21(19)20(18)16-24(22)28(7,8)9;16-14(17,18)12-5-1-3-10(8-12)7-11-4-2-6-13(9-11)15(19,20)21;1-2-4-5-3-1;;;/h13-17H,1-12H3;1-6,8-9H;1-3H,4H2;2*1H;/q-1;;-1;;;+2/p-2. The Hall–Kier alpha value is -0.697. The topological polar surface area (TPSA) is 0 Å². The normalized spacial score (nSPS) is 13.3. The van der Waals surface area contributed by atoms with Crippen LogP contribution in [-0.2, 0) is 53.5 Å². The molecule has 0 amide bonds. The number of hydrogen-bond donors (Lipinski definition) is 0. The van der Waals surface area contributed by atoms with Gasteiger partial charge in [-0.1, -0.05) is 117 Å². The molecule has 0 radical (unpaired) electrons. The Morgan fingerprint density at radius 1 is 0.534 bits per heavy atom. The van der Waals surface area contributed by atoms with Crippen molar-refractivity contribution in [2.75, 3.05) is 0 Å². The monoisotopic (exact) mass is 1010 g/mol. The summed E-state index contributed by atoms with van der Waals surface area (Å²) >= 11 is 36.9. The van der Waals surface area contributed by atoms with Crippen molar-refractivity contribution in [1.82, 2.24) is 0 Å². The molecule has 1 aliphatic carbocycles. The minimum atomic E-state index is -1.45. The average Bonchev–Trinajstić information content (AvgIpc) is 3.77. The fourth-order valence-electron chi connectivity index (χ4n) is 6.80. The first kappa shape index (κ1) is 53.4. The van der Waals surface area contributed by atoms with E-state index in [0.717, 1.165) is 20.8 Å². The van der Waals surface area contributed by atoms with E-state index >= 15 is 0 Å². The van der Waals surface area contributed by atoms with Crippen LogP contribution in [0, 0.1) is 6.08 Å². The van der Waals surface area contributed by atoms with E-state index in [2.05, 4.69) is 126 Å². The Balaban J connectivity index is 0.000000354. The summed E-state index contributed by atoms with van der Waals surface area (Å²) in [5, 5.41) is 5.57. The molecule has 6 rings (SSSR count). The van der Waals surface area contributed by atoms with Gasteiger partial charge in [0.25, 0.3) is 0 Å². The third-order valence-corrected chi connectivity index (χ3v) is 12.5. The maximum Gasteiger partial charge on any atom is -0.109 e. The molecular formula is C49H54Cl8Zr-2. The third kappa shape index (κ3) is 13.9. The fourth-order valence-corrected chi connectivity index (χ4v) is 8.27. The molecule has 0 nitrogen and oxygen atoms in total. The summed E-state index contributed by atoms with van der Waals surface area (Å²) in [5.74, 6) is 0. The maximum absolute atomic E-state index is 5.94. The average molecular weight is 1020 g/mol. The summed E-state index contributed by atoms with van der Waals surface area (Å²) in [4.78, 5) is 0. The minimum absolute atomic E-state index is 0. The van der Waals surface area contributed by atoms with Gasteiger partial charge in [-0.2, -0.15) is 6.08 Å². The summed E-state index contributed by atoms with van der Waals surface area (Å²) < 4.78 is -1.82. The van der Waals surface area contributed by atoms with Crippen LogP contribution in [0.15, 0.2) is 97.1 Å². The van der Waals surface area contributed by atoms with E-state index in [4.69, 9.17) is 69.6 Å². The molecule has 0 N–H and O–H groups in total. The molecule has 58 heavy (non-hydrogen) atoms. The summed E-state index contributed by atoms with van der Waals surface area (Å²) in [6, 6.07) is 27.2. The van der Waals surface area contributed by atoms with E-state index in [9.17, 15) is 0 Å². The molecule has 312 valence electrons. The van der Waals surface area contributed by atoms with Gasteiger partial charge in [0, 0.05) is 0 Å². The smallest absolute Gasteiger partial charge is 0.109 e. The first-order chi connectivity index (χ1) is 25.5. The van der Waals surface area contributed by atoms with Gasteiger partial charge in [-0.15, -0.1) is 46.2 Å². The van der Waals surface area contributed by atoms with Crippen LogP contribution in [0.1, 0.15) is 134 Å². The van der Waals surface area contributed by atoms with Crippen LogP contribution in [0.25, 0.3) is 21.5 Å². The van der Waals surface area contributed by atoms with E-state index in [1.165, 1.54) is 68.0 Å². The summed E-state index contributed by atoms with van der Waals surface area (Å²) in [6.45, 7) is 28.0. The van der Waals surface area contributed by atoms with Gasteiger partial charge < -0.3 is 24.8 Å². The van der Waals surface area contributed by atoms with E-state index in [0.29, 0.717) is 11.1 Å². The van der Waals surface area contributed by atoms with Crippen molar-refractivity contribution in [3.8, 4) is 0 Å². The van der Waals surface area contributed by atoms with Crippen molar-refractivity contribution < 1.29 is 49.0 Å². The molecule has 0 fully saturated rings. The first-order valence-electron chi connectivity index (χ1n) is 18.9. The van der Waals surface area contributed by atoms with E-state index in [1.807, 2.05) is 48.6 Å². The predicted octanol–water partition coefficient (Wildman–Crippen LogP) is 10.7. The largest absolute Gasteiger partial charge is 1.00 e. The van der Waals surface area contributed by atoms with Crippen molar-refractivity contribution in [2.24, 2.45) is 0 Å². The van der Waals surface area contributed by atoms with Crippen LogP contribution in [0.2, 0.25) is 0 Å². The van der Waals surface area contributed by atoms with Crippen molar-refractivity contribution in [3.63, 3.8) is 0 Å². The molecule has 5 aromatic rings. The SMILES string of the molecule is CC(C)(C)c1cc2[cH-]c3cc(C(C)(C)C)c(C(C)(C)C)cc3c2cc1C(C)(C)C.ClC(Cl)(Cl)c1cccc([C](=[Zr+2])c2cccc(C(Cl)(Cl)Cl)c2)c1.[C-]1=CC=CC1.[Cl-].[Cl-]. The molecule has 0 saturated heterocycles. The van der Waals surface area contributed by atoms with Crippen LogP contribution < -0.4 is 24.8 Å². The number of hydrogen-bond acceptors (Lipinski definition) is 0. The van der Waals surface area contributed by atoms with Crippen LogP contribution >= 0.6 is 69.6 Å². The number of allylic oxidation sites excluding steroid dienone is 4. The van der Waals surface area contributed by atoms with Crippen LogP contribution in [0.3, 0.4) is 0 Å². The molecule has 0 bridgehead atoms. The van der Waals surface area contributed by atoms with Crippen molar-refractivity contribution in [1.29, 1.82) is 0 Å². The Bertz CT molecular complexity index is 2100. The van der Waals surface area contributed by atoms with E-state index in [-0.39, 0.29) is 46.5 Å². The molecule has 0 atom stereocenters. The molecule has 1 aliphatic rings. The summed E-state index contributed by atoms with van der Waals surface area (Å²) in [6.07, 6.45) is 10.0. The Morgan fingerprint density at radius 2 is 0.879 bits per heavy atom. The number of alkyl halides is 6. The summed E-state index contributed by atoms with van der Waals surface area (Å²) in [7, 11) is 0. The predicted molar refractivity (Wildman–Crippen MR) is 248 cm³/mol. The quantitative estimate of drug-likeness (QED) is 0.122.